The molecular weight excluding hydrogens is 152 g/mol. The lowest BCUT2D eigenvalue weighted by Crippen LogP contribution is -2.24. The van der Waals surface area contributed by atoms with E-state index >= 15 is 0 Å². The molecular formula is C9H18N2O. The van der Waals surface area contributed by atoms with Crippen molar-refractivity contribution in [3.8, 4) is 0 Å². The second-order valence-corrected chi connectivity index (χ2v) is 3.72. The smallest absolute Gasteiger partial charge is 0.0992 e. The highest BCUT2D eigenvalue weighted by Crippen LogP contribution is 2.12. The second kappa shape index (κ2) is 4.45. The third-order valence-corrected chi connectivity index (χ3v) is 1.99. The maximum absolute atomic E-state index is 5.80. The summed E-state index contributed by atoms with van der Waals surface area (Å²) in [6, 6.07) is 0. The number of nitrogens with two attached hydrogens (primary N) is 1. The highest BCUT2D eigenvalue weighted by molar-refractivity contribution is 5.83. The number of aliphatic imine (C=N–C) groups is 1. The minimum atomic E-state index is 0.378. The summed E-state index contributed by atoms with van der Waals surface area (Å²) in [4.78, 5) is 4.32. The van der Waals surface area contributed by atoms with Gasteiger partial charge >= 0.3 is 0 Å². The van der Waals surface area contributed by atoms with E-state index in [0.29, 0.717) is 11.8 Å². The number of hydrogen-bond donors (Lipinski definition) is 1. The number of nitrogens with zero attached hydrogens (tertiary/aromatic N) is 1. The van der Waals surface area contributed by atoms with Crippen LogP contribution in [0.5, 0.6) is 0 Å². The summed E-state index contributed by atoms with van der Waals surface area (Å²) in [6.07, 6.45) is 1.04. The first kappa shape index (κ1) is 9.52. The molecule has 1 unspecified atom stereocenters. The van der Waals surface area contributed by atoms with Crippen LogP contribution in [0.1, 0.15) is 20.3 Å². The van der Waals surface area contributed by atoms with Crippen molar-refractivity contribution in [2.75, 3.05) is 19.8 Å². The molecule has 0 aromatic carbocycles. The van der Waals surface area contributed by atoms with Gasteiger partial charge in [-0.3, -0.25) is 4.99 Å². The van der Waals surface area contributed by atoms with E-state index in [4.69, 9.17) is 10.5 Å². The zero-order valence-electron chi connectivity index (χ0n) is 7.92. The van der Waals surface area contributed by atoms with Crippen molar-refractivity contribution in [1.82, 2.24) is 0 Å². The van der Waals surface area contributed by atoms with Crippen molar-refractivity contribution in [2.45, 2.75) is 20.3 Å². The van der Waals surface area contributed by atoms with Crippen LogP contribution < -0.4 is 5.73 Å². The van der Waals surface area contributed by atoms with Gasteiger partial charge < -0.3 is 10.5 Å². The molecule has 2 N–H and O–H groups in total. The van der Waals surface area contributed by atoms with Crippen molar-refractivity contribution in [1.29, 1.82) is 0 Å². The molecule has 3 nitrogen and oxygen atoms in total. The zero-order valence-corrected chi connectivity index (χ0v) is 7.92. The van der Waals surface area contributed by atoms with Crippen LogP contribution in [0.15, 0.2) is 4.99 Å². The molecule has 1 aliphatic rings. The largest absolute Gasteiger partial charge is 0.387 e. The third-order valence-electron chi connectivity index (χ3n) is 1.99. The topological polar surface area (TPSA) is 47.6 Å². The van der Waals surface area contributed by atoms with Gasteiger partial charge in [0.2, 0.25) is 0 Å². The Kier molecular flexibility index (Phi) is 3.53. The Morgan fingerprint density at radius 3 is 2.92 bits per heavy atom. The zero-order chi connectivity index (χ0) is 8.97. The van der Waals surface area contributed by atoms with E-state index in [-0.39, 0.29) is 0 Å². The quantitative estimate of drug-likeness (QED) is 0.508. The first-order valence-electron chi connectivity index (χ1n) is 4.57. The number of hydrogen-bond acceptors (Lipinski definition) is 2. The van der Waals surface area contributed by atoms with Gasteiger partial charge in [-0.2, -0.15) is 0 Å². The van der Waals surface area contributed by atoms with Gasteiger partial charge in [0.15, 0.2) is 0 Å². The summed E-state index contributed by atoms with van der Waals surface area (Å²) in [5.74, 6) is 1.75. The van der Waals surface area contributed by atoms with E-state index in [0.717, 1.165) is 32.0 Å². The van der Waals surface area contributed by atoms with Crippen LogP contribution in [0, 0.1) is 11.8 Å². The number of amidine groups is 1. The molecule has 0 spiro atoms. The molecule has 1 rings (SSSR count). The maximum atomic E-state index is 5.80. The normalized spacial score (nSPS) is 25.2. The molecule has 0 amide bonds. The summed E-state index contributed by atoms with van der Waals surface area (Å²) in [5, 5.41) is 0. The third kappa shape index (κ3) is 2.81. The molecule has 0 aromatic heterocycles. The predicted octanol–water partition coefficient (Wildman–Crippen LogP) is 1.04. The Morgan fingerprint density at radius 1 is 1.67 bits per heavy atom. The fourth-order valence-corrected chi connectivity index (χ4v) is 1.18. The molecule has 3 heteroatoms. The van der Waals surface area contributed by atoms with Crippen LogP contribution in [0.25, 0.3) is 0 Å². The summed E-state index contributed by atoms with van der Waals surface area (Å²) in [7, 11) is 0. The van der Waals surface area contributed by atoms with Crippen molar-refractivity contribution in [2.24, 2.45) is 22.6 Å². The van der Waals surface area contributed by atoms with Crippen molar-refractivity contribution < 1.29 is 4.74 Å². The predicted molar refractivity (Wildman–Crippen MR) is 50.3 cm³/mol. The molecule has 1 atom stereocenters. The van der Waals surface area contributed by atoms with Crippen LogP contribution in [0.3, 0.4) is 0 Å². The first-order chi connectivity index (χ1) is 5.70. The Morgan fingerprint density at radius 2 is 2.42 bits per heavy atom. The lowest BCUT2D eigenvalue weighted by molar-refractivity contribution is 0.193. The van der Waals surface area contributed by atoms with E-state index < -0.39 is 0 Å². The van der Waals surface area contributed by atoms with Crippen molar-refractivity contribution in [3.63, 3.8) is 0 Å². The van der Waals surface area contributed by atoms with E-state index in [9.17, 15) is 0 Å². The summed E-state index contributed by atoms with van der Waals surface area (Å²) in [6.45, 7) is 6.71. The number of rotatable bonds is 3. The van der Waals surface area contributed by atoms with Gasteiger partial charge in [-0.05, 0) is 12.3 Å². The van der Waals surface area contributed by atoms with Gasteiger partial charge in [0.1, 0.15) is 0 Å². The molecule has 70 valence electrons. The molecule has 1 heterocycles. The van der Waals surface area contributed by atoms with Gasteiger partial charge in [0.05, 0.1) is 12.4 Å². The monoisotopic (exact) mass is 170 g/mol. The van der Waals surface area contributed by atoms with E-state index in [2.05, 4.69) is 18.8 Å². The Bertz CT molecular complexity index is 160. The molecule has 1 aliphatic heterocycles. The van der Waals surface area contributed by atoms with Gasteiger partial charge in [-0.25, -0.2) is 0 Å². The maximum Gasteiger partial charge on any atom is 0.0992 e. The van der Waals surface area contributed by atoms with E-state index in [1.165, 1.54) is 0 Å². The fourth-order valence-electron chi connectivity index (χ4n) is 1.18. The van der Waals surface area contributed by atoms with Crippen LogP contribution in [0.2, 0.25) is 0 Å². The van der Waals surface area contributed by atoms with Crippen LogP contribution >= 0.6 is 0 Å². The molecule has 1 saturated heterocycles. The Hall–Kier alpha value is -0.570. The second-order valence-electron chi connectivity index (χ2n) is 3.72. The lowest BCUT2D eigenvalue weighted by Gasteiger charge is -2.07. The van der Waals surface area contributed by atoms with Gasteiger partial charge in [-0.15, -0.1) is 0 Å². The SMILES string of the molecule is CC(C)CN=C(N)C1CCOC1. The van der Waals surface area contributed by atoms with Crippen LogP contribution in [-0.4, -0.2) is 25.6 Å². The van der Waals surface area contributed by atoms with Crippen LogP contribution in [-0.2, 0) is 4.74 Å². The first-order valence-corrected chi connectivity index (χ1v) is 4.57. The van der Waals surface area contributed by atoms with Gasteiger partial charge in [0, 0.05) is 19.1 Å². The molecule has 12 heavy (non-hydrogen) atoms. The number of ether oxygens (including phenoxy) is 1. The van der Waals surface area contributed by atoms with E-state index in [1.807, 2.05) is 0 Å². The average molecular weight is 170 g/mol. The Balaban J connectivity index is 2.34. The highest BCUT2D eigenvalue weighted by Gasteiger charge is 2.18. The lowest BCUT2D eigenvalue weighted by atomic mass is 10.1. The van der Waals surface area contributed by atoms with Crippen LogP contribution in [0.4, 0.5) is 0 Å². The summed E-state index contributed by atoms with van der Waals surface area (Å²) in [5.41, 5.74) is 5.80. The molecule has 0 saturated carbocycles. The highest BCUT2D eigenvalue weighted by atomic mass is 16.5. The molecule has 0 aromatic rings. The van der Waals surface area contributed by atoms with Gasteiger partial charge in [0.25, 0.3) is 0 Å². The average Bonchev–Trinajstić information content (AvgIpc) is 2.51. The van der Waals surface area contributed by atoms with Gasteiger partial charge in [-0.1, -0.05) is 13.8 Å². The molecule has 1 fully saturated rings. The molecule has 0 aliphatic carbocycles. The molecule has 0 bridgehead atoms. The summed E-state index contributed by atoms with van der Waals surface area (Å²) >= 11 is 0. The Labute approximate surface area is 74.0 Å². The minimum absolute atomic E-state index is 0.378. The van der Waals surface area contributed by atoms with Crippen molar-refractivity contribution in [3.05, 3.63) is 0 Å². The van der Waals surface area contributed by atoms with Crippen molar-refractivity contribution >= 4 is 5.84 Å². The minimum Gasteiger partial charge on any atom is -0.387 e. The van der Waals surface area contributed by atoms with E-state index in [1.54, 1.807) is 0 Å². The fraction of sp³-hybridized carbons (Fsp3) is 0.889. The molecule has 0 radical (unpaired) electrons. The summed E-state index contributed by atoms with van der Waals surface area (Å²) < 4.78 is 5.22. The standard InChI is InChI=1S/C9H18N2O/c1-7(2)5-11-9(10)8-3-4-12-6-8/h7-8H,3-6H2,1-2H3,(H2,10,11).